The molecule has 4 nitrogen and oxygen atoms in total. The van der Waals surface area contributed by atoms with Gasteiger partial charge in [-0.3, -0.25) is 0 Å². The number of carbonyl (C=O) groups is 1. The number of carbonyl (C=O) groups excluding carboxylic acids is 1. The Labute approximate surface area is 129 Å². The summed E-state index contributed by atoms with van der Waals surface area (Å²) >= 11 is 6.96. The van der Waals surface area contributed by atoms with Gasteiger partial charge < -0.3 is 14.8 Å². The van der Waals surface area contributed by atoms with Crippen molar-refractivity contribution in [2.24, 2.45) is 0 Å². The van der Waals surface area contributed by atoms with Crippen LogP contribution in [0.3, 0.4) is 0 Å². The van der Waals surface area contributed by atoms with Gasteiger partial charge in [-0.2, -0.15) is 0 Å². The van der Waals surface area contributed by atoms with E-state index in [1.165, 1.54) is 0 Å². The van der Waals surface area contributed by atoms with Crippen molar-refractivity contribution in [2.75, 3.05) is 13.2 Å². The molecule has 1 unspecified atom stereocenters. The third-order valence-electron chi connectivity index (χ3n) is 2.78. The van der Waals surface area contributed by atoms with Crippen molar-refractivity contribution >= 4 is 37.8 Å². The molecule has 0 aliphatic carbocycles. The highest BCUT2D eigenvalue weighted by Crippen LogP contribution is 2.36. The molecule has 1 fully saturated rings. The van der Waals surface area contributed by atoms with Gasteiger partial charge in [0.1, 0.15) is 5.75 Å². The number of cyclic esters (lactones) is 1. The van der Waals surface area contributed by atoms with E-state index in [1.807, 2.05) is 12.1 Å². The van der Waals surface area contributed by atoms with E-state index < -0.39 is 6.10 Å². The molecule has 0 bridgehead atoms. The molecule has 1 heterocycles. The number of rotatable bonds is 5. The van der Waals surface area contributed by atoms with E-state index >= 15 is 0 Å². The molecule has 0 saturated carbocycles. The Bertz CT molecular complexity index is 456. The van der Waals surface area contributed by atoms with Crippen LogP contribution < -0.4 is 10.1 Å². The molecule has 0 radical (unpaired) electrons. The van der Waals surface area contributed by atoms with Gasteiger partial charge in [0.2, 0.25) is 0 Å². The molecular formula is C13H15Br2NO3. The highest BCUT2D eigenvalue weighted by molar-refractivity contribution is 9.11. The smallest absolute Gasteiger partial charge is 0.347 e. The van der Waals surface area contributed by atoms with E-state index in [0.717, 1.165) is 27.6 Å². The van der Waals surface area contributed by atoms with Crippen LogP contribution in [0.25, 0.3) is 0 Å². The first-order chi connectivity index (χ1) is 9.11. The van der Waals surface area contributed by atoms with E-state index in [0.29, 0.717) is 18.8 Å². The lowest BCUT2D eigenvalue weighted by Crippen LogP contribution is -2.22. The van der Waals surface area contributed by atoms with Crippen molar-refractivity contribution in [3.8, 4) is 5.75 Å². The maximum atomic E-state index is 11.4. The highest BCUT2D eigenvalue weighted by Gasteiger charge is 2.29. The van der Waals surface area contributed by atoms with Crippen LogP contribution in [0.1, 0.15) is 18.9 Å². The minimum absolute atomic E-state index is 0.296. The predicted octanol–water partition coefficient (Wildman–Crippen LogP) is 3.02. The van der Waals surface area contributed by atoms with Gasteiger partial charge in [0, 0.05) is 13.0 Å². The van der Waals surface area contributed by atoms with E-state index in [2.05, 4.69) is 44.1 Å². The van der Waals surface area contributed by atoms with E-state index in [1.54, 1.807) is 0 Å². The second-order valence-electron chi connectivity index (χ2n) is 4.23. The summed E-state index contributed by atoms with van der Waals surface area (Å²) in [7, 11) is 0. The topological polar surface area (TPSA) is 47.6 Å². The molecule has 2 rings (SSSR count). The predicted molar refractivity (Wildman–Crippen MR) is 79.2 cm³/mol. The van der Waals surface area contributed by atoms with Crippen LogP contribution in [0.15, 0.2) is 21.1 Å². The summed E-state index contributed by atoms with van der Waals surface area (Å²) in [5, 5.41) is 3.26. The molecule has 1 aliphatic heterocycles. The standard InChI is InChI=1S/C13H15Br2NO3/c1-2-16-7-8-5-9(14)12(10(15)6-8)19-11-3-4-18-13(11)17/h5-6,11,16H,2-4,7H2,1H3. The van der Waals surface area contributed by atoms with Crippen molar-refractivity contribution in [3.05, 3.63) is 26.6 Å². The number of benzene rings is 1. The summed E-state index contributed by atoms with van der Waals surface area (Å²) in [6, 6.07) is 3.98. The fourth-order valence-corrected chi connectivity index (χ4v) is 3.29. The summed E-state index contributed by atoms with van der Waals surface area (Å²) in [4.78, 5) is 11.4. The van der Waals surface area contributed by atoms with Gasteiger partial charge in [0.25, 0.3) is 0 Å². The lowest BCUT2D eigenvalue weighted by molar-refractivity contribution is -0.143. The van der Waals surface area contributed by atoms with Crippen LogP contribution >= 0.6 is 31.9 Å². The monoisotopic (exact) mass is 391 g/mol. The van der Waals surface area contributed by atoms with Crippen molar-refractivity contribution in [1.29, 1.82) is 0 Å². The zero-order chi connectivity index (χ0) is 13.8. The van der Waals surface area contributed by atoms with Crippen LogP contribution in [0.2, 0.25) is 0 Å². The third kappa shape index (κ3) is 3.70. The Morgan fingerprint density at radius 3 is 2.63 bits per heavy atom. The van der Waals surface area contributed by atoms with Crippen molar-refractivity contribution in [1.82, 2.24) is 5.32 Å². The highest BCUT2D eigenvalue weighted by atomic mass is 79.9. The van der Waals surface area contributed by atoms with Crippen LogP contribution in [0.4, 0.5) is 0 Å². The molecule has 1 saturated heterocycles. The first-order valence-corrected chi connectivity index (χ1v) is 7.72. The third-order valence-corrected chi connectivity index (χ3v) is 3.96. The van der Waals surface area contributed by atoms with Gasteiger partial charge in [-0.25, -0.2) is 4.79 Å². The summed E-state index contributed by atoms with van der Waals surface area (Å²) < 4.78 is 12.3. The van der Waals surface area contributed by atoms with Crippen LogP contribution in [-0.2, 0) is 16.1 Å². The van der Waals surface area contributed by atoms with Gasteiger partial charge in [-0.05, 0) is 56.1 Å². The molecule has 1 N–H and O–H groups in total. The van der Waals surface area contributed by atoms with Gasteiger partial charge in [0.05, 0.1) is 15.6 Å². The van der Waals surface area contributed by atoms with E-state index in [-0.39, 0.29) is 5.97 Å². The average molecular weight is 393 g/mol. The van der Waals surface area contributed by atoms with Gasteiger partial charge in [-0.15, -0.1) is 0 Å². The summed E-state index contributed by atoms with van der Waals surface area (Å²) in [5.74, 6) is 0.347. The quantitative estimate of drug-likeness (QED) is 0.782. The molecule has 6 heteroatoms. The number of ether oxygens (including phenoxy) is 2. The van der Waals surface area contributed by atoms with Crippen LogP contribution in [-0.4, -0.2) is 25.2 Å². The maximum Gasteiger partial charge on any atom is 0.347 e. The number of hydrogen-bond donors (Lipinski definition) is 1. The minimum atomic E-state index is -0.507. The first-order valence-electron chi connectivity index (χ1n) is 6.13. The van der Waals surface area contributed by atoms with E-state index in [4.69, 9.17) is 9.47 Å². The van der Waals surface area contributed by atoms with Crippen molar-refractivity contribution < 1.29 is 14.3 Å². The SMILES string of the molecule is CCNCc1cc(Br)c(OC2CCOC2=O)c(Br)c1. The zero-order valence-electron chi connectivity index (χ0n) is 10.5. The van der Waals surface area contributed by atoms with Gasteiger partial charge in [-0.1, -0.05) is 6.92 Å². The Morgan fingerprint density at radius 1 is 1.42 bits per heavy atom. The number of esters is 1. The number of nitrogens with one attached hydrogen (secondary N) is 1. The second-order valence-corrected chi connectivity index (χ2v) is 5.94. The molecule has 1 aromatic carbocycles. The summed E-state index contributed by atoms with van der Waals surface area (Å²) in [6.45, 7) is 4.20. The Kier molecular flexibility index (Phi) is 5.24. The lowest BCUT2D eigenvalue weighted by Gasteiger charge is -2.15. The lowest BCUT2D eigenvalue weighted by atomic mass is 10.2. The normalized spacial score (nSPS) is 18.5. The molecular weight excluding hydrogens is 378 g/mol. The molecule has 1 aliphatic rings. The largest absolute Gasteiger partial charge is 0.476 e. The van der Waals surface area contributed by atoms with Crippen molar-refractivity contribution in [2.45, 2.75) is 26.0 Å². The van der Waals surface area contributed by atoms with E-state index in [9.17, 15) is 4.79 Å². The molecule has 1 aromatic rings. The first kappa shape index (κ1) is 14.8. The fraction of sp³-hybridized carbons (Fsp3) is 0.462. The van der Waals surface area contributed by atoms with Crippen LogP contribution in [0, 0.1) is 0 Å². The van der Waals surface area contributed by atoms with Crippen molar-refractivity contribution in [3.63, 3.8) is 0 Å². The fourth-order valence-electron chi connectivity index (χ4n) is 1.82. The summed E-state index contributed by atoms with van der Waals surface area (Å²) in [5.41, 5.74) is 1.14. The summed E-state index contributed by atoms with van der Waals surface area (Å²) in [6.07, 6.45) is 0.0869. The Balaban J connectivity index is 2.14. The number of hydrogen-bond acceptors (Lipinski definition) is 4. The molecule has 0 amide bonds. The molecule has 19 heavy (non-hydrogen) atoms. The average Bonchev–Trinajstić information content (AvgIpc) is 2.77. The molecule has 0 spiro atoms. The Hall–Kier alpha value is -0.590. The Morgan fingerprint density at radius 2 is 2.11 bits per heavy atom. The van der Waals surface area contributed by atoms with Crippen LogP contribution in [0.5, 0.6) is 5.75 Å². The second kappa shape index (κ2) is 6.72. The van der Waals surface area contributed by atoms with Gasteiger partial charge >= 0.3 is 5.97 Å². The molecule has 104 valence electrons. The maximum absolute atomic E-state index is 11.4. The molecule has 1 atom stereocenters. The number of halogens is 2. The van der Waals surface area contributed by atoms with Gasteiger partial charge in [0.15, 0.2) is 6.10 Å². The minimum Gasteiger partial charge on any atom is -0.476 e. The molecule has 0 aromatic heterocycles. The zero-order valence-corrected chi connectivity index (χ0v) is 13.7.